The fourth-order valence-electron chi connectivity index (χ4n) is 1.12. The standard InChI is InChI=1S/C8H5F3N2O.ClH.HI/c9-8(10,11)14-13-5-12-6-3-1-2-4-7(6)13;;/h1-5H;2*1H. The molecule has 16 heavy (non-hydrogen) atoms. The van der Waals surface area contributed by atoms with Crippen LogP contribution < -0.4 is 4.84 Å². The minimum Gasteiger partial charge on any atom is -0.311 e. The van der Waals surface area contributed by atoms with Crippen LogP contribution in [-0.2, 0) is 0 Å². The number of para-hydroxylation sites is 2. The van der Waals surface area contributed by atoms with Gasteiger partial charge in [-0.1, -0.05) is 12.1 Å². The molecule has 0 aliphatic rings. The molecular weight excluding hydrogens is 359 g/mol. The smallest absolute Gasteiger partial charge is 0.311 e. The summed E-state index contributed by atoms with van der Waals surface area (Å²) in [6.45, 7) is 0. The summed E-state index contributed by atoms with van der Waals surface area (Å²) in [5.41, 5.74) is 0.738. The summed E-state index contributed by atoms with van der Waals surface area (Å²) in [4.78, 5) is 7.45. The second-order valence-electron chi connectivity index (χ2n) is 2.60. The molecule has 0 amide bonds. The summed E-state index contributed by atoms with van der Waals surface area (Å²) in [5.74, 6) is 0. The Morgan fingerprint density at radius 3 is 2.44 bits per heavy atom. The molecule has 0 atom stereocenters. The van der Waals surface area contributed by atoms with Crippen molar-refractivity contribution in [3.63, 3.8) is 0 Å². The first-order chi connectivity index (χ1) is 6.56. The molecule has 0 spiro atoms. The summed E-state index contributed by atoms with van der Waals surface area (Å²) < 4.78 is 36.2. The van der Waals surface area contributed by atoms with Crippen molar-refractivity contribution in [3.05, 3.63) is 30.6 Å². The third-order valence-corrected chi connectivity index (χ3v) is 1.62. The zero-order valence-corrected chi connectivity index (χ0v) is 10.8. The lowest BCUT2D eigenvalue weighted by atomic mass is 10.3. The van der Waals surface area contributed by atoms with Gasteiger partial charge in [0.25, 0.3) is 0 Å². The molecule has 0 saturated heterocycles. The number of nitrogens with zero attached hydrogens (tertiary/aromatic N) is 2. The summed E-state index contributed by atoms with van der Waals surface area (Å²) in [6.07, 6.45) is -3.72. The van der Waals surface area contributed by atoms with Gasteiger partial charge in [0, 0.05) is 0 Å². The number of rotatable bonds is 1. The van der Waals surface area contributed by atoms with Gasteiger partial charge in [-0.15, -0.1) is 49.6 Å². The van der Waals surface area contributed by atoms with Crippen LogP contribution in [0.25, 0.3) is 11.0 Å². The van der Waals surface area contributed by atoms with Crippen molar-refractivity contribution in [1.82, 2.24) is 9.71 Å². The van der Waals surface area contributed by atoms with Gasteiger partial charge in [0.15, 0.2) is 0 Å². The Kier molecular flexibility index (Phi) is 5.33. The maximum Gasteiger partial charge on any atom is 0.591 e. The van der Waals surface area contributed by atoms with Gasteiger partial charge < -0.3 is 4.84 Å². The van der Waals surface area contributed by atoms with E-state index in [0.29, 0.717) is 10.2 Å². The van der Waals surface area contributed by atoms with Crippen LogP contribution in [0.3, 0.4) is 0 Å². The Morgan fingerprint density at radius 2 is 1.81 bits per heavy atom. The normalized spacial score (nSPS) is 10.4. The first-order valence-corrected chi connectivity index (χ1v) is 3.74. The topological polar surface area (TPSA) is 27.1 Å². The second-order valence-corrected chi connectivity index (χ2v) is 2.60. The van der Waals surface area contributed by atoms with E-state index < -0.39 is 6.36 Å². The molecular formula is C8H7ClF3IN2O. The predicted octanol–water partition coefficient (Wildman–Crippen LogP) is 3.02. The van der Waals surface area contributed by atoms with Crippen molar-refractivity contribution in [2.45, 2.75) is 6.36 Å². The Bertz CT molecular complexity index is 460. The SMILES string of the molecule is Cl.FC(F)(F)On1cnc2ccccc21.I. The van der Waals surface area contributed by atoms with Crippen molar-refractivity contribution >= 4 is 47.4 Å². The highest BCUT2D eigenvalue weighted by atomic mass is 127. The molecule has 0 radical (unpaired) electrons. The van der Waals surface area contributed by atoms with Crippen LogP contribution in [-0.4, -0.2) is 16.1 Å². The molecule has 0 saturated carbocycles. The second kappa shape index (κ2) is 5.58. The van der Waals surface area contributed by atoms with E-state index in [1.807, 2.05) is 0 Å². The molecule has 2 rings (SSSR count). The van der Waals surface area contributed by atoms with Crippen LogP contribution >= 0.6 is 36.4 Å². The van der Waals surface area contributed by atoms with E-state index in [0.717, 1.165) is 6.33 Å². The molecule has 0 aliphatic heterocycles. The number of hydrogen-bond donors (Lipinski definition) is 0. The summed E-state index contributed by atoms with van der Waals surface area (Å²) >= 11 is 0. The van der Waals surface area contributed by atoms with E-state index in [-0.39, 0.29) is 41.9 Å². The predicted molar refractivity (Wildman–Crippen MR) is 65.0 cm³/mol. The van der Waals surface area contributed by atoms with Gasteiger partial charge in [0.05, 0.1) is 5.52 Å². The van der Waals surface area contributed by atoms with Gasteiger partial charge in [-0.2, -0.15) is 4.73 Å². The van der Waals surface area contributed by atoms with Crippen LogP contribution in [0.15, 0.2) is 30.6 Å². The molecule has 3 nitrogen and oxygen atoms in total. The van der Waals surface area contributed by atoms with Crippen molar-refractivity contribution in [2.75, 3.05) is 0 Å². The number of hydrogen-bond acceptors (Lipinski definition) is 2. The molecule has 1 heterocycles. The van der Waals surface area contributed by atoms with Crippen molar-refractivity contribution in [2.24, 2.45) is 0 Å². The lowest BCUT2D eigenvalue weighted by molar-refractivity contribution is -0.321. The molecule has 8 heteroatoms. The van der Waals surface area contributed by atoms with Crippen molar-refractivity contribution < 1.29 is 18.0 Å². The average molecular weight is 367 g/mol. The third kappa shape index (κ3) is 3.41. The maximum atomic E-state index is 11.9. The highest BCUT2D eigenvalue weighted by Crippen LogP contribution is 2.16. The number of fused-ring (bicyclic) bond motifs is 1. The average Bonchev–Trinajstić information content (AvgIpc) is 2.47. The zero-order chi connectivity index (χ0) is 10.2. The third-order valence-electron chi connectivity index (χ3n) is 1.62. The minimum absolute atomic E-state index is 0. The monoisotopic (exact) mass is 366 g/mol. The molecule has 2 aromatic rings. The van der Waals surface area contributed by atoms with E-state index in [1.165, 1.54) is 6.07 Å². The number of halogens is 5. The zero-order valence-electron chi connectivity index (χ0n) is 7.64. The lowest BCUT2D eigenvalue weighted by Gasteiger charge is -2.08. The van der Waals surface area contributed by atoms with E-state index in [4.69, 9.17) is 0 Å². The number of benzene rings is 1. The largest absolute Gasteiger partial charge is 0.591 e. The minimum atomic E-state index is -4.70. The molecule has 0 N–H and O–H groups in total. The van der Waals surface area contributed by atoms with Gasteiger partial charge >= 0.3 is 6.36 Å². The fraction of sp³-hybridized carbons (Fsp3) is 0.125. The van der Waals surface area contributed by atoms with E-state index in [9.17, 15) is 13.2 Å². The van der Waals surface area contributed by atoms with Crippen LogP contribution in [0, 0.1) is 0 Å². The Balaban J connectivity index is 0.00000112. The van der Waals surface area contributed by atoms with Gasteiger partial charge in [-0.3, -0.25) is 0 Å². The summed E-state index contributed by atoms with van der Waals surface area (Å²) in [6, 6.07) is 6.40. The molecule has 90 valence electrons. The van der Waals surface area contributed by atoms with E-state index in [2.05, 4.69) is 9.82 Å². The van der Waals surface area contributed by atoms with Crippen LogP contribution in [0.1, 0.15) is 0 Å². The Hall–Kier alpha value is -0.700. The van der Waals surface area contributed by atoms with Crippen molar-refractivity contribution in [1.29, 1.82) is 0 Å². The summed E-state index contributed by atoms with van der Waals surface area (Å²) in [7, 11) is 0. The highest BCUT2D eigenvalue weighted by molar-refractivity contribution is 14.0. The van der Waals surface area contributed by atoms with Crippen LogP contribution in [0.5, 0.6) is 0 Å². The highest BCUT2D eigenvalue weighted by Gasteiger charge is 2.32. The Labute approximate surface area is 112 Å². The van der Waals surface area contributed by atoms with Gasteiger partial charge in [0.2, 0.25) is 0 Å². The number of aromatic nitrogens is 2. The molecule has 0 fully saturated rings. The van der Waals surface area contributed by atoms with Crippen LogP contribution in [0.4, 0.5) is 13.2 Å². The quantitative estimate of drug-likeness (QED) is 0.726. The van der Waals surface area contributed by atoms with Gasteiger partial charge in [-0.25, -0.2) is 4.98 Å². The lowest BCUT2D eigenvalue weighted by Crippen LogP contribution is -2.26. The summed E-state index contributed by atoms with van der Waals surface area (Å²) in [5, 5.41) is 0. The van der Waals surface area contributed by atoms with Gasteiger partial charge in [0.1, 0.15) is 11.8 Å². The molecule has 0 aliphatic carbocycles. The molecule has 0 bridgehead atoms. The van der Waals surface area contributed by atoms with Gasteiger partial charge in [-0.05, 0) is 12.1 Å². The fourth-order valence-corrected chi connectivity index (χ4v) is 1.12. The first-order valence-electron chi connectivity index (χ1n) is 3.74. The Morgan fingerprint density at radius 1 is 1.19 bits per heavy atom. The molecule has 1 aromatic heterocycles. The first kappa shape index (κ1) is 15.3. The van der Waals surface area contributed by atoms with E-state index >= 15 is 0 Å². The van der Waals surface area contributed by atoms with E-state index in [1.54, 1.807) is 18.2 Å². The molecule has 0 unspecified atom stereocenters. The maximum absolute atomic E-state index is 11.9. The number of alkyl halides is 3. The molecule has 1 aromatic carbocycles. The number of imidazole rings is 1. The van der Waals surface area contributed by atoms with Crippen molar-refractivity contribution in [3.8, 4) is 0 Å². The van der Waals surface area contributed by atoms with Crippen LogP contribution in [0.2, 0.25) is 0 Å².